The first-order chi connectivity index (χ1) is 9.35. The number of rotatable bonds is 4. The van der Waals surface area contributed by atoms with Crippen molar-refractivity contribution in [3.8, 4) is 0 Å². The minimum Gasteiger partial charge on any atom is -0.450 e. The van der Waals surface area contributed by atoms with E-state index in [1.54, 1.807) is 0 Å². The Morgan fingerprint density at radius 3 is 2.85 bits per heavy atom. The summed E-state index contributed by atoms with van der Waals surface area (Å²) in [6.07, 6.45) is 3.21. The van der Waals surface area contributed by atoms with Gasteiger partial charge < -0.3 is 10.1 Å². The Bertz CT molecular complexity index is 497. The Morgan fingerprint density at radius 2 is 2.20 bits per heavy atom. The summed E-state index contributed by atoms with van der Waals surface area (Å²) in [5.41, 5.74) is 3.64. The fraction of sp³-hybridized carbons (Fsp3) is 0.600. The smallest absolute Gasteiger partial charge is 0.407 e. The van der Waals surface area contributed by atoms with Crippen LogP contribution in [0.4, 0.5) is 4.79 Å². The molecule has 0 radical (unpaired) electrons. The van der Waals surface area contributed by atoms with Crippen LogP contribution in [0.25, 0.3) is 0 Å². The molecule has 1 N–H and O–H groups in total. The first kappa shape index (κ1) is 15.0. The van der Waals surface area contributed by atoms with Gasteiger partial charge in [0.2, 0.25) is 0 Å². The topological polar surface area (TPSA) is 51.2 Å². The molecule has 0 aliphatic heterocycles. The fourth-order valence-electron chi connectivity index (χ4n) is 2.41. The molecule has 1 aliphatic rings. The summed E-state index contributed by atoms with van der Waals surface area (Å²) in [7, 11) is -1.14. The number of alkyl carbamates (subject to hydrolysis) is 1. The van der Waals surface area contributed by atoms with Crippen LogP contribution in [0.1, 0.15) is 16.8 Å². The highest BCUT2D eigenvalue weighted by atomic mass is 28.3. The van der Waals surface area contributed by atoms with Crippen molar-refractivity contribution in [2.24, 2.45) is 0 Å². The molecule has 1 heterocycles. The number of nitrogens with one attached hydrogen (secondary N) is 1. The number of carbonyl (C=O) groups excluding carboxylic acids is 1. The van der Waals surface area contributed by atoms with Gasteiger partial charge in [-0.25, -0.2) is 4.79 Å². The second-order valence-electron chi connectivity index (χ2n) is 6.75. The molecule has 1 atom stereocenters. The number of fused-ring (bicyclic) bond motifs is 1. The summed E-state index contributed by atoms with van der Waals surface area (Å²) in [6, 6.07) is 3.15. The van der Waals surface area contributed by atoms with Gasteiger partial charge in [0.15, 0.2) is 0 Å². The van der Waals surface area contributed by atoms with Crippen LogP contribution in [0.3, 0.4) is 0 Å². The number of hydrogen-bond acceptors (Lipinski definition) is 3. The standard InChI is InChI=1S/C15H24N2O2Si/c1-11-5-6-16-14-10-12(9-13(11)14)17-15(18)19-7-8-20(2,3)4/h5-6,12H,7-10H2,1-4H3,(H,17,18). The maximum absolute atomic E-state index is 11.8. The van der Waals surface area contributed by atoms with E-state index < -0.39 is 8.07 Å². The SMILES string of the molecule is Cc1ccnc2c1CC(NC(=O)OCC[Si](C)(C)C)C2. The highest BCUT2D eigenvalue weighted by Gasteiger charge is 2.25. The molecule has 1 aromatic rings. The summed E-state index contributed by atoms with van der Waals surface area (Å²) in [5.74, 6) is 0. The minimum absolute atomic E-state index is 0.123. The number of aryl methyl sites for hydroxylation is 1. The van der Waals surface area contributed by atoms with Gasteiger partial charge >= 0.3 is 6.09 Å². The Balaban J connectivity index is 1.79. The molecule has 0 saturated carbocycles. The van der Waals surface area contributed by atoms with Crippen molar-refractivity contribution in [1.82, 2.24) is 10.3 Å². The molecule has 1 aromatic heterocycles. The minimum atomic E-state index is -1.14. The number of carbonyl (C=O) groups is 1. The molecule has 0 spiro atoms. The number of amides is 1. The molecule has 1 amide bonds. The van der Waals surface area contributed by atoms with Gasteiger partial charge in [-0.1, -0.05) is 19.6 Å². The second kappa shape index (κ2) is 5.95. The lowest BCUT2D eigenvalue weighted by atomic mass is 10.1. The van der Waals surface area contributed by atoms with Crippen molar-refractivity contribution in [1.29, 1.82) is 0 Å². The lowest BCUT2D eigenvalue weighted by Crippen LogP contribution is -2.36. The molecule has 1 unspecified atom stereocenters. The van der Waals surface area contributed by atoms with Crippen LogP contribution in [0.15, 0.2) is 12.3 Å². The van der Waals surface area contributed by atoms with Crippen molar-refractivity contribution in [3.05, 3.63) is 29.1 Å². The lowest BCUT2D eigenvalue weighted by molar-refractivity contribution is 0.148. The fourth-order valence-corrected chi connectivity index (χ4v) is 3.13. The van der Waals surface area contributed by atoms with Crippen LogP contribution in [0.2, 0.25) is 25.7 Å². The van der Waals surface area contributed by atoms with Gasteiger partial charge in [0, 0.05) is 32.4 Å². The largest absolute Gasteiger partial charge is 0.450 e. The third-order valence-electron chi connectivity index (χ3n) is 3.68. The third kappa shape index (κ3) is 4.06. The molecule has 20 heavy (non-hydrogen) atoms. The van der Waals surface area contributed by atoms with E-state index >= 15 is 0 Å². The normalized spacial score (nSPS) is 17.7. The zero-order valence-corrected chi connectivity index (χ0v) is 13.8. The molecule has 5 heteroatoms. The number of hydrogen-bond donors (Lipinski definition) is 1. The van der Waals surface area contributed by atoms with Crippen LogP contribution in [0, 0.1) is 6.92 Å². The zero-order valence-electron chi connectivity index (χ0n) is 12.8. The van der Waals surface area contributed by atoms with E-state index in [1.807, 2.05) is 12.3 Å². The van der Waals surface area contributed by atoms with E-state index in [0.29, 0.717) is 6.61 Å². The predicted octanol–water partition coefficient (Wildman–Crippen LogP) is 2.92. The maximum Gasteiger partial charge on any atom is 0.407 e. The second-order valence-corrected chi connectivity index (χ2v) is 12.4. The molecule has 0 aromatic carbocycles. The molecule has 0 fully saturated rings. The zero-order chi connectivity index (χ0) is 14.8. The molecular formula is C15H24N2O2Si. The van der Waals surface area contributed by atoms with Crippen LogP contribution >= 0.6 is 0 Å². The molecule has 2 rings (SSSR count). The first-order valence-electron chi connectivity index (χ1n) is 7.22. The molecule has 1 aliphatic carbocycles. The molecule has 110 valence electrons. The number of nitrogens with zero attached hydrogens (tertiary/aromatic N) is 1. The van der Waals surface area contributed by atoms with Gasteiger partial charge in [-0.05, 0) is 36.6 Å². The van der Waals surface area contributed by atoms with Crippen LogP contribution in [-0.2, 0) is 17.6 Å². The monoisotopic (exact) mass is 292 g/mol. The lowest BCUT2D eigenvalue weighted by Gasteiger charge is -2.16. The van der Waals surface area contributed by atoms with E-state index in [4.69, 9.17) is 4.74 Å². The highest BCUT2D eigenvalue weighted by molar-refractivity contribution is 6.76. The van der Waals surface area contributed by atoms with Crippen LogP contribution in [-0.4, -0.2) is 31.8 Å². The van der Waals surface area contributed by atoms with Crippen LogP contribution < -0.4 is 5.32 Å². The van der Waals surface area contributed by atoms with Gasteiger partial charge in [0.1, 0.15) is 0 Å². The molecule has 0 bridgehead atoms. The Labute approximate surface area is 122 Å². The van der Waals surface area contributed by atoms with Crippen molar-refractivity contribution < 1.29 is 9.53 Å². The average Bonchev–Trinajstić information content (AvgIpc) is 2.71. The summed E-state index contributed by atoms with van der Waals surface area (Å²) in [4.78, 5) is 16.2. The van der Waals surface area contributed by atoms with Gasteiger partial charge in [-0.3, -0.25) is 4.98 Å². The number of aromatic nitrogens is 1. The van der Waals surface area contributed by atoms with E-state index in [2.05, 4.69) is 36.9 Å². The summed E-state index contributed by atoms with van der Waals surface area (Å²) < 4.78 is 5.27. The Morgan fingerprint density at radius 1 is 1.45 bits per heavy atom. The third-order valence-corrected chi connectivity index (χ3v) is 5.38. The van der Waals surface area contributed by atoms with Gasteiger partial charge in [0.25, 0.3) is 0 Å². The first-order valence-corrected chi connectivity index (χ1v) is 10.9. The van der Waals surface area contributed by atoms with Crippen molar-refractivity contribution in [3.63, 3.8) is 0 Å². The molecule has 4 nitrogen and oxygen atoms in total. The van der Waals surface area contributed by atoms with Crippen LogP contribution in [0.5, 0.6) is 0 Å². The van der Waals surface area contributed by atoms with Gasteiger partial charge in [-0.15, -0.1) is 0 Å². The average molecular weight is 292 g/mol. The van der Waals surface area contributed by atoms with E-state index in [0.717, 1.165) is 24.6 Å². The number of pyridine rings is 1. The Hall–Kier alpha value is -1.36. The van der Waals surface area contributed by atoms with Crippen molar-refractivity contribution in [2.45, 2.75) is 51.5 Å². The Kier molecular flexibility index (Phi) is 4.47. The quantitative estimate of drug-likeness (QED) is 0.868. The van der Waals surface area contributed by atoms with Gasteiger partial charge in [-0.2, -0.15) is 0 Å². The maximum atomic E-state index is 11.8. The summed E-state index contributed by atoms with van der Waals surface area (Å²) in [5, 5.41) is 2.95. The molecular weight excluding hydrogens is 268 g/mol. The summed E-state index contributed by atoms with van der Waals surface area (Å²) >= 11 is 0. The van der Waals surface area contributed by atoms with Crippen molar-refractivity contribution in [2.75, 3.05) is 6.61 Å². The highest BCUT2D eigenvalue weighted by Crippen LogP contribution is 2.23. The van der Waals surface area contributed by atoms with Gasteiger partial charge in [0.05, 0.1) is 6.61 Å². The van der Waals surface area contributed by atoms with Crippen molar-refractivity contribution >= 4 is 14.2 Å². The number of ether oxygens (including phenoxy) is 1. The van der Waals surface area contributed by atoms with E-state index in [1.165, 1.54) is 11.1 Å². The summed E-state index contributed by atoms with van der Waals surface area (Å²) in [6.45, 7) is 9.44. The molecule has 0 saturated heterocycles. The van der Waals surface area contributed by atoms with E-state index in [-0.39, 0.29) is 12.1 Å². The predicted molar refractivity (Wildman–Crippen MR) is 82.8 cm³/mol. The van der Waals surface area contributed by atoms with E-state index in [9.17, 15) is 4.79 Å².